The molecule has 1 aliphatic rings. The van der Waals surface area contributed by atoms with E-state index >= 15 is 0 Å². The molecule has 0 bridgehead atoms. The molecule has 24 heavy (non-hydrogen) atoms. The number of hydrogen-bond donors (Lipinski definition) is 0. The summed E-state index contributed by atoms with van der Waals surface area (Å²) in [5.41, 5.74) is 0.700. The molecular formula is C15H16ClN3O3S2. The molecule has 1 fully saturated rings. The number of benzene rings is 1. The van der Waals surface area contributed by atoms with Crippen LogP contribution < -0.4 is 0 Å². The second kappa shape index (κ2) is 7.69. The number of ether oxygens (including phenoxy) is 1. The van der Waals surface area contributed by atoms with Crippen LogP contribution in [-0.2, 0) is 16.2 Å². The number of hydrogen-bond acceptors (Lipinski definition) is 7. The second-order valence-corrected chi connectivity index (χ2v) is 7.32. The molecule has 0 spiro atoms. The molecule has 1 aromatic carbocycles. The summed E-state index contributed by atoms with van der Waals surface area (Å²) in [6.45, 7) is 1.89. The molecule has 1 atom stereocenters. The van der Waals surface area contributed by atoms with Crippen molar-refractivity contribution >= 4 is 41.6 Å². The zero-order chi connectivity index (χ0) is 17.1. The van der Waals surface area contributed by atoms with Crippen LogP contribution in [0.15, 0.2) is 28.7 Å². The van der Waals surface area contributed by atoms with Gasteiger partial charge in [-0.05, 0) is 24.4 Å². The van der Waals surface area contributed by atoms with Crippen molar-refractivity contribution in [1.29, 1.82) is 0 Å². The molecule has 0 radical (unpaired) electrons. The molecular weight excluding hydrogens is 370 g/mol. The zero-order valence-corrected chi connectivity index (χ0v) is 15.4. The molecule has 3 rings (SSSR count). The van der Waals surface area contributed by atoms with Gasteiger partial charge in [-0.3, -0.25) is 9.69 Å². The Hall–Kier alpha value is -1.35. The van der Waals surface area contributed by atoms with Crippen LogP contribution in [0.1, 0.15) is 0 Å². The topological polar surface area (TPSA) is 60.5 Å². The Morgan fingerprint density at radius 1 is 1.54 bits per heavy atom. The van der Waals surface area contributed by atoms with Crippen molar-refractivity contribution in [3.63, 3.8) is 0 Å². The number of carbonyl (C=O) groups is 1. The third-order valence-corrected chi connectivity index (χ3v) is 5.44. The van der Waals surface area contributed by atoms with Crippen molar-refractivity contribution in [2.45, 2.75) is 11.9 Å². The first-order valence-corrected chi connectivity index (χ1v) is 9.16. The Morgan fingerprint density at radius 3 is 3.08 bits per heavy atom. The smallest absolute Gasteiger partial charge is 0.320 e. The van der Waals surface area contributed by atoms with Crippen LogP contribution in [-0.4, -0.2) is 51.9 Å². The van der Waals surface area contributed by atoms with Crippen LogP contribution in [0.5, 0.6) is 0 Å². The van der Waals surface area contributed by atoms with Gasteiger partial charge in [0.05, 0.1) is 24.4 Å². The number of halogens is 1. The Morgan fingerprint density at radius 2 is 2.33 bits per heavy atom. The Kier molecular flexibility index (Phi) is 5.60. The van der Waals surface area contributed by atoms with E-state index in [-0.39, 0.29) is 16.1 Å². The van der Waals surface area contributed by atoms with E-state index in [0.29, 0.717) is 29.7 Å². The molecule has 0 unspecified atom stereocenters. The largest absolute Gasteiger partial charge is 0.468 e. The van der Waals surface area contributed by atoms with Gasteiger partial charge < -0.3 is 9.15 Å². The zero-order valence-electron chi connectivity index (χ0n) is 13.0. The number of nitrogens with zero attached hydrogens (tertiary/aromatic N) is 3. The quantitative estimate of drug-likeness (QED) is 0.592. The Bertz CT molecular complexity index is 792. The minimum atomic E-state index is -0.204. The summed E-state index contributed by atoms with van der Waals surface area (Å²) in [6, 6.07) is 7.31. The van der Waals surface area contributed by atoms with E-state index in [2.05, 4.69) is 10.00 Å². The number of carbonyl (C=O) groups excluding carboxylic acids is 1. The van der Waals surface area contributed by atoms with Crippen LogP contribution in [0.2, 0.25) is 5.02 Å². The molecule has 6 nitrogen and oxygen atoms in total. The van der Waals surface area contributed by atoms with Gasteiger partial charge in [0.25, 0.3) is 4.84 Å². The van der Waals surface area contributed by atoms with Crippen LogP contribution in [0, 0.1) is 4.84 Å². The van der Waals surface area contributed by atoms with Gasteiger partial charge >= 0.3 is 5.97 Å². The summed E-state index contributed by atoms with van der Waals surface area (Å²) in [6.07, 6.45) is 0. The van der Waals surface area contributed by atoms with Crippen LogP contribution in [0.25, 0.3) is 11.5 Å². The van der Waals surface area contributed by atoms with Crippen molar-refractivity contribution in [1.82, 2.24) is 14.7 Å². The van der Waals surface area contributed by atoms with Gasteiger partial charge in [0.1, 0.15) is 5.25 Å². The lowest BCUT2D eigenvalue weighted by atomic mass is 10.2. The standard InChI is InChI=1S/C15H16ClN3O3S2/c1-21-14(20)12-8-18(6-7-24-12)9-19-15(23)22-13(17-19)10-4-2-3-5-11(10)16/h2-5,12H,6-9H2,1H3/t12-/m0/s1. The molecule has 0 amide bonds. The summed E-state index contributed by atoms with van der Waals surface area (Å²) in [5.74, 6) is 1.04. The van der Waals surface area contributed by atoms with Crippen LogP contribution in [0.3, 0.4) is 0 Å². The first-order valence-electron chi connectivity index (χ1n) is 7.33. The first kappa shape index (κ1) is 17.5. The van der Waals surface area contributed by atoms with Crippen LogP contribution in [0.4, 0.5) is 0 Å². The van der Waals surface area contributed by atoms with Gasteiger partial charge in [0.2, 0.25) is 5.89 Å². The number of esters is 1. The maximum atomic E-state index is 11.7. The van der Waals surface area contributed by atoms with Crippen molar-refractivity contribution in [2.75, 3.05) is 26.0 Å². The Balaban J connectivity index is 1.75. The predicted molar refractivity (Wildman–Crippen MR) is 95.6 cm³/mol. The molecule has 1 aliphatic heterocycles. The minimum Gasteiger partial charge on any atom is -0.468 e. The van der Waals surface area contributed by atoms with Gasteiger partial charge in [0, 0.05) is 18.8 Å². The highest BCUT2D eigenvalue weighted by Gasteiger charge is 2.27. The number of aromatic nitrogens is 2. The van der Waals surface area contributed by atoms with E-state index in [1.165, 1.54) is 7.11 Å². The fraction of sp³-hybridized carbons (Fsp3) is 0.400. The third-order valence-electron chi connectivity index (χ3n) is 3.66. The van der Waals surface area contributed by atoms with Gasteiger partial charge in [-0.15, -0.1) is 16.9 Å². The van der Waals surface area contributed by atoms with Gasteiger partial charge in [-0.25, -0.2) is 4.68 Å². The van der Waals surface area contributed by atoms with E-state index in [9.17, 15) is 4.79 Å². The Labute approximate surface area is 153 Å². The second-order valence-electron chi connectivity index (χ2n) is 5.25. The van der Waals surface area contributed by atoms with E-state index in [1.54, 1.807) is 22.5 Å². The highest BCUT2D eigenvalue weighted by Crippen LogP contribution is 2.26. The van der Waals surface area contributed by atoms with Gasteiger partial charge in [-0.2, -0.15) is 0 Å². The molecule has 128 valence electrons. The highest BCUT2D eigenvalue weighted by atomic mass is 35.5. The van der Waals surface area contributed by atoms with Crippen molar-refractivity contribution in [3.8, 4) is 11.5 Å². The molecule has 1 aromatic heterocycles. The maximum absolute atomic E-state index is 11.7. The summed E-state index contributed by atoms with van der Waals surface area (Å²) in [7, 11) is 1.41. The molecule has 0 aliphatic carbocycles. The monoisotopic (exact) mass is 385 g/mol. The summed E-state index contributed by atoms with van der Waals surface area (Å²) < 4.78 is 12.0. The summed E-state index contributed by atoms with van der Waals surface area (Å²) in [4.78, 5) is 14.1. The third kappa shape index (κ3) is 3.83. The average molecular weight is 386 g/mol. The maximum Gasteiger partial charge on any atom is 0.320 e. The summed E-state index contributed by atoms with van der Waals surface area (Å²) >= 11 is 13.0. The number of thioether (sulfide) groups is 1. The normalized spacial score (nSPS) is 18.5. The molecule has 0 N–H and O–H groups in total. The number of methoxy groups -OCH3 is 1. The molecule has 9 heteroatoms. The number of rotatable bonds is 4. The van der Waals surface area contributed by atoms with Crippen molar-refractivity contribution < 1.29 is 13.9 Å². The van der Waals surface area contributed by atoms with E-state index in [4.69, 9.17) is 33.0 Å². The molecule has 2 heterocycles. The minimum absolute atomic E-state index is 0.187. The van der Waals surface area contributed by atoms with Gasteiger partial charge in [-0.1, -0.05) is 23.7 Å². The first-order chi connectivity index (χ1) is 11.6. The molecule has 1 saturated heterocycles. The fourth-order valence-electron chi connectivity index (χ4n) is 2.43. The molecule has 0 saturated carbocycles. The lowest BCUT2D eigenvalue weighted by Crippen LogP contribution is -2.42. The van der Waals surface area contributed by atoms with Crippen molar-refractivity contribution in [2.24, 2.45) is 0 Å². The van der Waals surface area contributed by atoms with E-state index < -0.39 is 0 Å². The fourth-order valence-corrected chi connectivity index (χ4v) is 4.02. The lowest BCUT2D eigenvalue weighted by molar-refractivity contribution is -0.140. The van der Waals surface area contributed by atoms with Crippen LogP contribution >= 0.6 is 35.6 Å². The SMILES string of the molecule is COC(=O)[C@@H]1CN(Cn2nc(-c3ccccc3Cl)oc2=S)CCS1. The van der Waals surface area contributed by atoms with Gasteiger partial charge in [0.15, 0.2) is 0 Å². The van der Waals surface area contributed by atoms with Crippen molar-refractivity contribution in [3.05, 3.63) is 34.1 Å². The lowest BCUT2D eigenvalue weighted by Gasteiger charge is -2.30. The van der Waals surface area contributed by atoms with E-state index in [1.807, 2.05) is 18.2 Å². The highest BCUT2D eigenvalue weighted by molar-refractivity contribution is 8.00. The molecule has 2 aromatic rings. The van der Waals surface area contributed by atoms with E-state index in [0.717, 1.165) is 12.3 Å². The summed E-state index contributed by atoms with van der Waals surface area (Å²) in [5, 5.41) is 4.79. The average Bonchev–Trinajstić information content (AvgIpc) is 2.95. The predicted octanol–water partition coefficient (Wildman–Crippen LogP) is 3.07.